The van der Waals surface area contributed by atoms with Crippen molar-refractivity contribution in [3.63, 3.8) is 0 Å². The molecule has 2 aliphatic carbocycles. The second kappa shape index (κ2) is 18.2. The molecule has 3 heteroatoms. The average Bonchev–Trinajstić information content (AvgIpc) is 1.65. The zero-order valence-electron chi connectivity index (χ0n) is 44.7. The van der Waals surface area contributed by atoms with E-state index in [1.54, 1.807) is 0 Å². The fraction of sp³-hybridized carbons (Fsp3) is 0.0127. The van der Waals surface area contributed by atoms with Crippen LogP contribution in [0.2, 0.25) is 0 Å². The van der Waals surface area contributed by atoms with Crippen molar-refractivity contribution in [1.29, 1.82) is 0 Å². The predicted octanol–water partition coefficient (Wildman–Crippen LogP) is 21.2. The zero-order valence-corrected chi connectivity index (χ0v) is 44.7. The Hall–Kier alpha value is -10.7. The molecule has 0 amide bonds. The summed E-state index contributed by atoms with van der Waals surface area (Å²) in [5.74, 6) is 0. The van der Waals surface area contributed by atoms with E-state index in [4.69, 9.17) is 4.42 Å². The lowest BCUT2D eigenvalue weighted by Gasteiger charge is -2.31. The smallest absolute Gasteiger partial charge is 0.137 e. The number of anilines is 3. The van der Waals surface area contributed by atoms with E-state index in [0.29, 0.717) is 0 Å². The molecule has 1 unspecified atom stereocenters. The minimum atomic E-state index is -0.483. The van der Waals surface area contributed by atoms with Crippen molar-refractivity contribution in [2.75, 3.05) is 4.90 Å². The van der Waals surface area contributed by atoms with Crippen molar-refractivity contribution in [2.24, 2.45) is 0 Å². The molecular weight excluding hydrogens is 993 g/mol. The van der Waals surface area contributed by atoms with Crippen molar-refractivity contribution in [3.05, 3.63) is 326 Å². The maximum Gasteiger partial charge on any atom is 0.137 e. The van der Waals surface area contributed by atoms with E-state index in [1.165, 1.54) is 94.1 Å². The number of benzene rings is 13. The van der Waals surface area contributed by atoms with Crippen LogP contribution in [0.25, 0.3) is 116 Å². The van der Waals surface area contributed by atoms with Gasteiger partial charge < -0.3 is 13.9 Å². The quantitative estimate of drug-likeness (QED) is 0.151. The molecule has 0 radical (unpaired) electrons. The van der Waals surface area contributed by atoms with Crippen LogP contribution in [-0.2, 0) is 5.41 Å². The van der Waals surface area contributed by atoms with Crippen LogP contribution in [0.15, 0.2) is 308 Å². The fourth-order valence-corrected chi connectivity index (χ4v) is 14.0. The van der Waals surface area contributed by atoms with Crippen LogP contribution in [-0.4, -0.2) is 4.57 Å². The molecule has 0 N–H and O–H groups in total. The normalized spacial score (nSPS) is 13.9. The van der Waals surface area contributed by atoms with Gasteiger partial charge in [0.05, 0.1) is 27.5 Å². The number of nitrogens with zero attached hydrogens (tertiary/aromatic N) is 2. The molecule has 2 aliphatic rings. The summed E-state index contributed by atoms with van der Waals surface area (Å²) in [6.45, 7) is 0. The van der Waals surface area contributed by atoms with Crippen LogP contribution in [0.1, 0.15) is 22.3 Å². The third kappa shape index (κ3) is 6.90. The third-order valence-corrected chi connectivity index (χ3v) is 17.6. The molecule has 82 heavy (non-hydrogen) atoms. The summed E-state index contributed by atoms with van der Waals surface area (Å²) in [6.07, 6.45) is 0. The molecule has 2 heterocycles. The van der Waals surface area contributed by atoms with Gasteiger partial charge in [-0.15, -0.1) is 0 Å². The second-order valence-electron chi connectivity index (χ2n) is 21.9. The van der Waals surface area contributed by atoms with E-state index in [2.05, 4.69) is 313 Å². The number of hydrogen-bond donors (Lipinski definition) is 0. The van der Waals surface area contributed by atoms with Crippen LogP contribution < -0.4 is 4.90 Å². The molecule has 382 valence electrons. The van der Waals surface area contributed by atoms with Crippen molar-refractivity contribution in [2.45, 2.75) is 5.41 Å². The number of para-hydroxylation sites is 2. The molecule has 0 saturated carbocycles. The number of fused-ring (bicyclic) bond motifs is 16. The van der Waals surface area contributed by atoms with Gasteiger partial charge in [0.1, 0.15) is 11.2 Å². The maximum absolute atomic E-state index is 6.78. The monoisotopic (exact) mass is 1040 g/mol. The zero-order chi connectivity index (χ0) is 53.9. The van der Waals surface area contributed by atoms with Gasteiger partial charge in [-0.25, -0.2) is 0 Å². The van der Waals surface area contributed by atoms with Gasteiger partial charge in [0.2, 0.25) is 0 Å². The molecule has 0 aliphatic heterocycles. The van der Waals surface area contributed by atoms with Crippen molar-refractivity contribution in [1.82, 2.24) is 4.57 Å². The highest BCUT2D eigenvalue weighted by atomic mass is 16.3. The minimum Gasteiger partial charge on any atom is -0.456 e. The third-order valence-electron chi connectivity index (χ3n) is 17.6. The lowest BCUT2D eigenvalue weighted by atomic mass is 9.70. The predicted molar refractivity (Wildman–Crippen MR) is 341 cm³/mol. The van der Waals surface area contributed by atoms with Crippen LogP contribution >= 0.6 is 0 Å². The SMILES string of the molecule is c1ccc(-c2ccc(N(c3ccc(-c4ccc5c(c4)C4(c6ccccc6-c6ccc(-c7ccccc7)cc64)c4ccccc4-5)cc3)c3cccc4oc5ccc(-c6ccc7c(c6)c6ccccc6n7-c6ccccc6)cc5c34)cc2)cc1. The van der Waals surface area contributed by atoms with E-state index in [9.17, 15) is 0 Å². The molecule has 15 aromatic rings. The first-order chi connectivity index (χ1) is 40.7. The van der Waals surface area contributed by atoms with E-state index in [0.717, 1.165) is 61.4 Å². The topological polar surface area (TPSA) is 21.3 Å². The lowest BCUT2D eigenvalue weighted by Crippen LogP contribution is -2.26. The van der Waals surface area contributed by atoms with E-state index in [1.807, 2.05) is 0 Å². The minimum absolute atomic E-state index is 0.483. The Morgan fingerprint density at radius 3 is 1.37 bits per heavy atom. The van der Waals surface area contributed by atoms with Crippen molar-refractivity contribution < 1.29 is 4.42 Å². The highest BCUT2D eigenvalue weighted by Crippen LogP contribution is 2.63. The summed E-state index contributed by atoms with van der Waals surface area (Å²) in [6, 6.07) is 111. The van der Waals surface area contributed by atoms with Crippen LogP contribution in [0.3, 0.4) is 0 Å². The van der Waals surface area contributed by atoms with E-state index < -0.39 is 5.41 Å². The van der Waals surface area contributed by atoms with E-state index >= 15 is 0 Å². The summed E-state index contributed by atoms with van der Waals surface area (Å²) >= 11 is 0. The Balaban J connectivity index is 0.804. The second-order valence-corrected chi connectivity index (χ2v) is 21.9. The van der Waals surface area contributed by atoms with Crippen LogP contribution in [0.5, 0.6) is 0 Å². The van der Waals surface area contributed by atoms with E-state index in [-0.39, 0.29) is 0 Å². The molecule has 13 aromatic carbocycles. The number of furan rings is 1. The summed E-state index contributed by atoms with van der Waals surface area (Å²) < 4.78 is 9.15. The molecule has 0 saturated heterocycles. The molecule has 0 fully saturated rings. The van der Waals surface area contributed by atoms with Crippen LogP contribution in [0, 0.1) is 0 Å². The number of rotatable bonds is 8. The number of aromatic nitrogens is 1. The molecule has 0 bridgehead atoms. The molecule has 1 atom stereocenters. The van der Waals surface area contributed by atoms with Gasteiger partial charge in [-0.2, -0.15) is 0 Å². The van der Waals surface area contributed by atoms with Gasteiger partial charge in [0.25, 0.3) is 0 Å². The van der Waals surface area contributed by atoms with Gasteiger partial charge in [0, 0.05) is 33.2 Å². The van der Waals surface area contributed by atoms with Gasteiger partial charge in [-0.3, -0.25) is 0 Å². The fourth-order valence-electron chi connectivity index (χ4n) is 14.0. The van der Waals surface area contributed by atoms with Crippen LogP contribution in [0.4, 0.5) is 17.1 Å². The van der Waals surface area contributed by atoms with Gasteiger partial charge in [-0.1, -0.05) is 212 Å². The Bertz CT molecular complexity index is 5000. The Morgan fingerprint density at radius 2 is 0.732 bits per heavy atom. The van der Waals surface area contributed by atoms with Crippen molar-refractivity contribution in [3.8, 4) is 72.4 Å². The summed E-state index contributed by atoms with van der Waals surface area (Å²) in [5.41, 5.74) is 27.8. The number of hydrogen-bond acceptors (Lipinski definition) is 2. The largest absolute Gasteiger partial charge is 0.456 e. The van der Waals surface area contributed by atoms with Gasteiger partial charge >= 0.3 is 0 Å². The maximum atomic E-state index is 6.78. The molecule has 2 aromatic heterocycles. The van der Waals surface area contributed by atoms with Gasteiger partial charge in [0.15, 0.2) is 0 Å². The Labute approximate surface area is 475 Å². The molecule has 1 spiro atoms. The highest BCUT2D eigenvalue weighted by molar-refractivity contribution is 6.15. The molecule has 3 nitrogen and oxygen atoms in total. The summed E-state index contributed by atoms with van der Waals surface area (Å²) in [7, 11) is 0. The van der Waals surface area contributed by atoms with Crippen molar-refractivity contribution >= 4 is 60.8 Å². The first-order valence-corrected chi connectivity index (χ1v) is 28.3. The Morgan fingerprint density at radius 1 is 0.280 bits per heavy atom. The lowest BCUT2D eigenvalue weighted by molar-refractivity contribution is 0.669. The molecule has 17 rings (SSSR count). The standard InChI is InChI=1S/C79H50N2O/c1-4-17-51(18-5-1)53-31-39-60(40-32-53)80(75-29-16-30-77-78(75)68-48-56(38-46-76(68)82-77)55-37-45-74-67(47-55)66-25-12-15-28-73(66)81(74)59-21-8-3-9-22-59)61-41-33-54(34-42-61)58-36-44-65-63-24-11-14-27-70(63)79(72(65)50-58)69-26-13-10-23-62(69)64-43-35-57(49-71(64)79)52-19-6-2-7-20-52/h1-50H. The first kappa shape index (κ1) is 46.2. The summed E-state index contributed by atoms with van der Waals surface area (Å²) in [5, 5.41) is 4.58. The highest BCUT2D eigenvalue weighted by Gasteiger charge is 2.51. The average molecular weight is 1040 g/mol. The first-order valence-electron chi connectivity index (χ1n) is 28.3. The summed E-state index contributed by atoms with van der Waals surface area (Å²) in [4.78, 5) is 2.40. The van der Waals surface area contributed by atoms with Gasteiger partial charge in [-0.05, 0) is 180 Å². The molecular formula is C79H50N2O. The Kier molecular flexibility index (Phi) is 10.2.